The molecule has 1 aromatic heterocycles. The molecule has 1 fully saturated rings. The maximum Gasteiger partial charge on any atom is 0.278 e. The first-order chi connectivity index (χ1) is 16.8. The smallest absolute Gasteiger partial charge is 0.278 e. The molecule has 1 saturated carbocycles. The molecule has 1 aliphatic rings. The van der Waals surface area contributed by atoms with Gasteiger partial charge in [-0.1, -0.05) is 11.6 Å². The van der Waals surface area contributed by atoms with Crippen LogP contribution in [0.2, 0.25) is 5.02 Å². The minimum absolute atomic E-state index is 0.0614. The fourth-order valence-corrected chi connectivity index (χ4v) is 5.77. The molecule has 1 heterocycles. The molecule has 1 aromatic carbocycles. The Morgan fingerprint density at radius 3 is 2.50 bits per heavy atom. The zero-order chi connectivity index (χ0) is 26.7. The number of nitrogens with one attached hydrogen (secondary N) is 1. The average Bonchev–Trinajstić information content (AvgIpc) is 3.16. The van der Waals surface area contributed by atoms with Gasteiger partial charge < -0.3 is 14.8 Å². The lowest BCUT2D eigenvalue weighted by atomic mass is 9.89. The Labute approximate surface area is 215 Å². The van der Waals surface area contributed by atoms with Crippen molar-refractivity contribution in [1.29, 1.82) is 0 Å². The minimum Gasteiger partial charge on any atom is -0.496 e. The van der Waals surface area contributed by atoms with Crippen LogP contribution in [-0.4, -0.2) is 61.8 Å². The highest BCUT2D eigenvalue weighted by molar-refractivity contribution is 7.91. The van der Waals surface area contributed by atoms with Crippen LogP contribution >= 0.6 is 11.6 Å². The summed E-state index contributed by atoms with van der Waals surface area (Å²) >= 11 is 6.62. The summed E-state index contributed by atoms with van der Waals surface area (Å²) in [5.74, 6) is -2.69. The molecule has 36 heavy (non-hydrogen) atoms. The second-order valence-corrected chi connectivity index (χ2v) is 11.9. The van der Waals surface area contributed by atoms with Crippen LogP contribution in [0.1, 0.15) is 50.0 Å². The SMILES string of the molecule is CCn1nc(C(=O)NCC2CCC(S(C)(=O)=O)CC2)c(Cl)c1-c1ccc(OCC(C)(F)F)cc1OC. The second-order valence-electron chi connectivity index (χ2n) is 9.23. The summed E-state index contributed by atoms with van der Waals surface area (Å²) in [6.07, 6.45) is 3.88. The number of carbonyl (C=O) groups is 1. The summed E-state index contributed by atoms with van der Waals surface area (Å²) < 4.78 is 62.0. The van der Waals surface area contributed by atoms with Gasteiger partial charge in [-0.2, -0.15) is 5.10 Å². The van der Waals surface area contributed by atoms with Gasteiger partial charge in [-0.15, -0.1) is 0 Å². The molecule has 1 amide bonds. The van der Waals surface area contributed by atoms with Gasteiger partial charge in [-0.25, -0.2) is 17.2 Å². The quantitative estimate of drug-likeness (QED) is 0.467. The van der Waals surface area contributed by atoms with Crippen LogP contribution < -0.4 is 14.8 Å². The van der Waals surface area contributed by atoms with Crippen LogP contribution in [-0.2, 0) is 16.4 Å². The van der Waals surface area contributed by atoms with Crippen LogP contribution in [0.15, 0.2) is 18.2 Å². The molecule has 0 unspecified atom stereocenters. The zero-order valence-electron chi connectivity index (χ0n) is 20.8. The Kier molecular flexibility index (Phi) is 8.87. The van der Waals surface area contributed by atoms with E-state index in [-0.39, 0.29) is 27.6 Å². The van der Waals surface area contributed by atoms with Crippen LogP contribution in [0.25, 0.3) is 11.3 Å². The molecule has 0 aliphatic heterocycles. The standard InChI is InChI=1S/C24H32ClF2N3O5S/c1-5-30-22(18-11-8-16(12-19(18)34-3)35-14-24(2,26)27)20(25)21(29-30)23(31)28-13-15-6-9-17(10-7-15)36(4,32)33/h8,11-12,15,17H,5-7,9-10,13-14H2,1-4H3,(H,28,31). The van der Waals surface area contributed by atoms with Crippen molar-refractivity contribution in [2.45, 2.75) is 57.2 Å². The topological polar surface area (TPSA) is 99.5 Å². The van der Waals surface area contributed by atoms with Gasteiger partial charge in [-0.3, -0.25) is 9.48 Å². The fraction of sp³-hybridized carbons (Fsp3) is 0.583. The van der Waals surface area contributed by atoms with Crippen molar-refractivity contribution in [2.24, 2.45) is 5.92 Å². The van der Waals surface area contributed by atoms with Crippen LogP contribution in [0.3, 0.4) is 0 Å². The van der Waals surface area contributed by atoms with E-state index >= 15 is 0 Å². The average molecular weight is 548 g/mol. The number of aryl methyl sites for hydroxylation is 1. The van der Waals surface area contributed by atoms with E-state index in [9.17, 15) is 22.0 Å². The molecule has 0 spiro atoms. The molecule has 0 saturated heterocycles. The molecule has 2 aromatic rings. The maximum absolute atomic E-state index is 13.2. The van der Waals surface area contributed by atoms with Gasteiger partial charge in [0.15, 0.2) is 12.3 Å². The summed E-state index contributed by atoms with van der Waals surface area (Å²) in [4.78, 5) is 12.9. The van der Waals surface area contributed by atoms with Gasteiger partial charge in [0.25, 0.3) is 11.8 Å². The van der Waals surface area contributed by atoms with Gasteiger partial charge in [0.05, 0.1) is 23.1 Å². The number of aromatic nitrogens is 2. The van der Waals surface area contributed by atoms with Crippen LogP contribution in [0.5, 0.6) is 11.5 Å². The number of benzene rings is 1. The second kappa shape index (κ2) is 11.3. The van der Waals surface area contributed by atoms with Gasteiger partial charge in [0.2, 0.25) is 0 Å². The van der Waals surface area contributed by atoms with E-state index in [1.807, 2.05) is 6.92 Å². The highest BCUT2D eigenvalue weighted by Crippen LogP contribution is 2.39. The highest BCUT2D eigenvalue weighted by Gasteiger charge is 2.29. The van der Waals surface area contributed by atoms with E-state index in [2.05, 4.69) is 10.4 Å². The number of hydrogen-bond acceptors (Lipinski definition) is 6. The number of halogens is 3. The lowest BCUT2D eigenvalue weighted by Crippen LogP contribution is -2.34. The summed E-state index contributed by atoms with van der Waals surface area (Å²) in [7, 11) is -1.61. The molecule has 12 heteroatoms. The monoisotopic (exact) mass is 547 g/mol. The van der Waals surface area contributed by atoms with Gasteiger partial charge >= 0.3 is 0 Å². The number of ether oxygens (including phenoxy) is 2. The van der Waals surface area contributed by atoms with E-state index in [1.165, 1.54) is 25.5 Å². The molecular formula is C24H32ClF2N3O5S. The van der Waals surface area contributed by atoms with Crippen molar-refractivity contribution in [1.82, 2.24) is 15.1 Å². The number of amides is 1. The van der Waals surface area contributed by atoms with Crippen molar-refractivity contribution in [3.8, 4) is 22.8 Å². The predicted octanol–water partition coefficient (Wildman–Crippen LogP) is 4.60. The largest absolute Gasteiger partial charge is 0.496 e. The molecule has 200 valence electrons. The number of nitrogens with zero attached hydrogens (tertiary/aromatic N) is 2. The highest BCUT2D eigenvalue weighted by atomic mass is 35.5. The zero-order valence-corrected chi connectivity index (χ0v) is 22.4. The van der Waals surface area contributed by atoms with Gasteiger partial charge in [-0.05, 0) is 50.7 Å². The van der Waals surface area contributed by atoms with Gasteiger partial charge in [0.1, 0.15) is 21.3 Å². The number of methoxy groups -OCH3 is 1. The maximum atomic E-state index is 13.2. The Hall–Kier alpha value is -2.40. The van der Waals surface area contributed by atoms with E-state index < -0.39 is 28.3 Å². The first-order valence-electron chi connectivity index (χ1n) is 11.8. The van der Waals surface area contributed by atoms with E-state index in [0.717, 1.165) is 19.8 Å². The number of rotatable bonds is 10. The molecule has 3 rings (SSSR count). The summed E-state index contributed by atoms with van der Waals surface area (Å²) in [6, 6.07) is 4.63. The number of hydrogen-bond donors (Lipinski definition) is 1. The van der Waals surface area contributed by atoms with Crippen LogP contribution in [0.4, 0.5) is 8.78 Å². The van der Waals surface area contributed by atoms with Crippen LogP contribution in [0, 0.1) is 5.92 Å². The molecule has 1 aliphatic carbocycles. The van der Waals surface area contributed by atoms with Gasteiger partial charge in [0, 0.05) is 37.9 Å². The predicted molar refractivity (Wildman–Crippen MR) is 134 cm³/mol. The molecule has 0 bridgehead atoms. The third kappa shape index (κ3) is 6.88. The van der Waals surface area contributed by atoms with Crippen molar-refractivity contribution < 1.29 is 31.5 Å². The summed E-state index contributed by atoms with van der Waals surface area (Å²) in [6.45, 7) is 2.66. The molecule has 8 nitrogen and oxygen atoms in total. The first-order valence-corrected chi connectivity index (χ1v) is 14.1. The normalized spacial score (nSPS) is 18.6. The lowest BCUT2D eigenvalue weighted by molar-refractivity contribution is -0.0230. The summed E-state index contributed by atoms with van der Waals surface area (Å²) in [5, 5.41) is 7.09. The Morgan fingerprint density at radius 1 is 1.28 bits per heavy atom. The van der Waals surface area contributed by atoms with Crippen molar-refractivity contribution >= 4 is 27.3 Å². The van der Waals surface area contributed by atoms with Crippen molar-refractivity contribution in [2.75, 3.05) is 26.5 Å². The molecule has 0 radical (unpaired) electrons. The fourth-order valence-electron chi connectivity index (χ4n) is 4.32. The molecular weight excluding hydrogens is 516 g/mol. The molecule has 1 N–H and O–H groups in total. The van der Waals surface area contributed by atoms with E-state index in [1.54, 1.807) is 10.7 Å². The minimum atomic E-state index is -3.05. The summed E-state index contributed by atoms with van der Waals surface area (Å²) in [5.41, 5.74) is 1.05. The Bertz CT molecular complexity index is 1190. The lowest BCUT2D eigenvalue weighted by Gasteiger charge is -2.27. The Morgan fingerprint density at radius 2 is 1.94 bits per heavy atom. The third-order valence-electron chi connectivity index (χ3n) is 6.28. The van der Waals surface area contributed by atoms with E-state index in [4.69, 9.17) is 21.1 Å². The van der Waals surface area contributed by atoms with Crippen molar-refractivity contribution in [3.63, 3.8) is 0 Å². The number of sulfone groups is 1. The third-order valence-corrected chi connectivity index (χ3v) is 8.32. The molecule has 0 atom stereocenters. The Balaban J connectivity index is 1.76. The number of alkyl halides is 2. The van der Waals surface area contributed by atoms with Crippen molar-refractivity contribution in [3.05, 3.63) is 28.9 Å². The van der Waals surface area contributed by atoms with E-state index in [0.29, 0.717) is 42.9 Å². The first kappa shape index (κ1) is 28.2. The number of carbonyl (C=O) groups excluding carboxylic acids is 1.